The van der Waals surface area contributed by atoms with Crippen LogP contribution in [0.25, 0.3) is 0 Å². The van der Waals surface area contributed by atoms with Crippen molar-refractivity contribution in [2.45, 2.75) is 31.9 Å². The zero-order valence-corrected chi connectivity index (χ0v) is 7.37. The number of alkyl halides is 3. The molecule has 0 aliphatic rings. The zero-order valence-electron chi connectivity index (χ0n) is 6.55. The van der Waals surface area contributed by atoms with Crippen molar-refractivity contribution in [1.29, 1.82) is 0 Å². The molecule has 0 aromatic carbocycles. The van der Waals surface area contributed by atoms with Gasteiger partial charge in [0, 0.05) is 0 Å². The second-order valence-electron chi connectivity index (χ2n) is 2.21. The normalized spacial score (nSPS) is 16.1. The van der Waals surface area contributed by atoms with E-state index in [0.29, 0.717) is 0 Å². The van der Waals surface area contributed by atoms with Gasteiger partial charge in [-0.2, -0.15) is 21.6 Å². The third-order valence-electron chi connectivity index (χ3n) is 1.15. The lowest BCUT2D eigenvalue weighted by Crippen LogP contribution is -2.28. The fraction of sp³-hybridized carbons (Fsp3) is 1.00. The van der Waals surface area contributed by atoms with Crippen molar-refractivity contribution in [3.8, 4) is 0 Å². The predicted molar refractivity (Wildman–Crippen MR) is 35.8 cm³/mol. The Kier molecular flexibility index (Phi) is 3.52. The topological polar surface area (TPSA) is 43.4 Å². The molecule has 0 amide bonds. The first kappa shape index (κ1) is 11.7. The van der Waals surface area contributed by atoms with Crippen LogP contribution in [0, 0.1) is 0 Å². The van der Waals surface area contributed by atoms with E-state index in [2.05, 4.69) is 4.18 Å². The molecular formula is C5H9F3O3S. The standard InChI is InChI=1S/C5H9F3O3S/c1-3-4(2)11-12(9,10)5(6,7)8/h4H,3H2,1-2H3. The summed E-state index contributed by atoms with van der Waals surface area (Å²) in [6.45, 7) is 2.78. The summed E-state index contributed by atoms with van der Waals surface area (Å²) in [4.78, 5) is 0. The fourth-order valence-corrected chi connectivity index (χ4v) is 1.02. The molecule has 0 radical (unpaired) electrons. The Morgan fingerprint density at radius 2 is 1.83 bits per heavy atom. The van der Waals surface area contributed by atoms with Crippen LogP contribution in [0.15, 0.2) is 0 Å². The van der Waals surface area contributed by atoms with Crippen LogP contribution in [0.3, 0.4) is 0 Å². The monoisotopic (exact) mass is 206 g/mol. The maximum Gasteiger partial charge on any atom is 0.523 e. The van der Waals surface area contributed by atoms with Gasteiger partial charge in [0.1, 0.15) is 0 Å². The maximum absolute atomic E-state index is 11.6. The summed E-state index contributed by atoms with van der Waals surface area (Å²) in [6, 6.07) is 0. The van der Waals surface area contributed by atoms with Gasteiger partial charge in [0.2, 0.25) is 0 Å². The molecule has 3 nitrogen and oxygen atoms in total. The van der Waals surface area contributed by atoms with Crippen LogP contribution >= 0.6 is 0 Å². The third kappa shape index (κ3) is 2.98. The molecule has 0 N–H and O–H groups in total. The van der Waals surface area contributed by atoms with Gasteiger partial charge in [0.25, 0.3) is 0 Å². The highest BCUT2D eigenvalue weighted by Gasteiger charge is 2.47. The summed E-state index contributed by atoms with van der Waals surface area (Å²) < 4.78 is 59.2. The molecule has 0 aliphatic carbocycles. The van der Waals surface area contributed by atoms with Crippen LogP contribution in [0.5, 0.6) is 0 Å². The molecule has 0 aromatic heterocycles. The van der Waals surface area contributed by atoms with Crippen molar-refractivity contribution < 1.29 is 25.8 Å². The van der Waals surface area contributed by atoms with Gasteiger partial charge in [-0.15, -0.1) is 0 Å². The number of hydrogen-bond acceptors (Lipinski definition) is 3. The average molecular weight is 206 g/mol. The van der Waals surface area contributed by atoms with E-state index in [1.807, 2.05) is 0 Å². The minimum Gasteiger partial charge on any atom is -0.260 e. The van der Waals surface area contributed by atoms with Gasteiger partial charge in [-0.05, 0) is 13.3 Å². The van der Waals surface area contributed by atoms with Crippen molar-refractivity contribution in [1.82, 2.24) is 0 Å². The Morgan fingerprint density at radius 1 is 1.42 bits per heavy atom. The third-order valence-corrected chi connectivity index (χ3v) is 2.30. The molecule has 1 unspecified atom stereocenters. The molecule has 0 fully saturated rings. The van der Waals surface area contributed by atoms with Crippen molar-refractivity contribution in [2.75, 3.05) is 0 Å². The van der Waals surface area contributed by atoms with E-state index < -0.39 is 21.7 Å². The quantitative estimate of drug-likeness (QED) is 0.521. The number of rotatable bonds is 3. The Morgan fingerprint density at radius 3 is 2.08 bits per heavy atom. The van der Waals surface area contributed by atoms with Crippen LogP contribution in [-0.2, 0) is 14.3 Å². The van der Waals surface area contributed by atoms with E-state index in [-0.39, 0.29) is 6.42 Å². The Balaban J connectivity index is 4.46. The highest BCUT2D eigenvalue weighted by Crippen LogP contribution is 2.25. The first-order valence-corrected chi connectivity index (χ1v) is 4.61. The van der Waals surface area contributed by atoms with Gasteiger partial charge in [0.15, 0.2) is 0 Å². The van der Waals surface area contributed by atoms with Crippen LogP contribution in [0.2, 0.25) is 0 Å². The van der Waals surface area contributed by atoms with Crippen molar-refractivity contribution in [2.24, 2.45) is 0 Å². The van der Waals surface area contributed by atoms with E-state index >= 15 is 0 Å². The van der Waals surface area contributed by atoms with Gasteiger partial charge in [-0.3, -0.25) is 4.18 Å². The Hall–Kier alpha value is -0.300. The Labute approximate surface area is 68.6 Å². The van der Waals surface area contributed by atoms with E-state index in [1.165, 1.54) is 13.8 Å². The van der Waals surface area contributed by atoms with E-state index in [0.717, 1.165) is 0 Å². The van der Waals surface area contributed by atoms with Crippen molar-refractivity contribution >= 4 is 10.1 Å². The summed E-state index contributed by atoms with van der Waals surface area (Å²) in [5, 5.41) is 0. The minimum absolute atomic E-state index is 0.204. The molecule has 12 heavy (non-hydrogen) atoms. The van der Waals surface area contributed by atoms with Crippen LogP contribution in [-0.4, -0.2) is 20.0 Å². The summed E-state index contributed by atoms with van der Waals surface area (Å²) in [7, 11) is -5.41. The van der Waals surface area contributed by atoms with Crippen molar-refractivity contribution in [3.05, 3.63) is 0 Å². The molecule has 0 heterocycles. The molecule has 7 heteroatoms. The molecular weight excluding hydrogens is 197 g/mol. The minimum atomic E-state index is -5.41. The molecule has 0 aliphatic heterocycles. The number of hydrogen-bond donors (Lipinski definition) is 0. The summed E-state index contributed by atoms with van der Waals surface area (Å²) in [6.07, 6.45) is -0.744. The smallest absolute Gasteiger partial charge is 0.260 e. The van der Waals surface area contributed by atoms with Gasteiger partial charge in [-0.25, -0.2) is 0 Å². The molecule has 0 spiro atoms. The molecule has 0 bridgehead atoms. The summed E-state index contributed by atoms with van der Waals surface area (Å²) in [5.41, 5.74) is -5.32. The second-order valence-corrected chi connectivity index (χ2v) is 3.78. The highest BCUT2D eigenvalue weighted by atomic mass is 32.2. The first-order valence-electron chi connectivity index (χ1n) is 3.20. The molecule has 1 atom stereocenters. The van der Waals surface area contributed by atoms with Gasteiger partial charge in [-0.1, -0.05) is 6.92 Å². The lowest BCUT2D eigenvalue weighted by molar-refractivity contribution is -0.0568. The SMILES string of the molecule is CCC(C)OS(=O)(=O)C(F)(F)F. The van der Waals surface area contributed by atoms with E-state index in [1.54, 1.807) is 0 Å². The second kappa shape index (κ2) is 3.61. The van der Waals surface area contributed by atoms with Crippen LogP contribution in [0.4, 0.5) is 13.2 Å². The largest absolute Gasteiger partial charge is 0.523 e. The van der Waals surface area contributed by atoms with E-state index in [4.69, 9.17) is 0 Å². The zero-order chi connectivity index (χ0) is 9.99. The molecule has 0 aromatic rings. The average Bonchev–Trinajstić information content (AvgIpc) is 1.84. The van der Waals surface area contributed by atoms with Gasteiger partial charge in [0.05, 0.1) is 6.10 Å². The predicted octanol–water partition coefficient (Wildman–Crippen LogP) is 1.65. The van der Waals surface area contributed by atoms with Gasteiger partial charge < -0.3 is 0 Å². The fourth-order valence-electron chi connectivity index (χ4n) is 0.339. The molecule has 0 saturated carbocycles. The van der Waals surface area contributed by atoms with Crippen molar-refractivity contribution in [3.63, 3.8) is 0 Å². The molecule has 0 rings (SSSR count). The Bertz CT molecular complexity index is 231. The first-order chi connectivity index (χ1) is 5.20. The molecule has 74 valence electrons. The summed E-state index contributed by atoms with van der Waals surface area (Å²) >= 11 is 0. The van der Waals surface area contributed by atoms with E-state index in [9.17, 15) is 21.6 Å². The van der Waals surface area contributed by atoms with Crippen LogP contribution < -0.4 is 0 Å². The molecule has 0 saturated heterocycles. The lowest BCUT2D eigenvalue weighted by Gasteiger charge is -2.12. The van der Waals surface area contributed by atoms with Crippen LogP contribution in [0.1, 0.15) is 20.3 Å². The summed E-state index contributed by atoms with van der Waals surface area (Å²) in [5.74, 6) is 0. The number of halogens is 3. The highest BCUT2D eigenvalue weighted by molar-refractivity contribution is 7.87. The maximum atomic E-state index is 11.6. The lowest BCUT2D eigenvalue weighted by atomic mass is 10.3. The van der Waals surface area contributed by atoms with Gasteiger partial charge >= 0.3 is 15.6 Å².